The van der Waals surface area contributed by atoms with E-state index >= 15 is 0 Å². The summed E-state index contributed by atoms with van der Waals surface area (Å²) in [5.41, 5.74) is 1.98. The Hall–Kier alpha value is -1.95. The third-order valence-electron chi connectivity index (χ3n) is 3.01. The quantitative estimate of drug-likeness (QED) is 0.733. The van der Waals surface area contributed by atoms with Crippen molar-refractivity contribution in [3.8, 4) is 11.6 Å². The monoisotopic (exact) mass is 289 g/mol. The van der Waals surface area contributed by atoms with Crippen LogP contribution in [0.3, 0.4) is 0 Å². The van der Waals surface area contributed by atoms with E-state index in [0.29, 0.717) is 11.3 Å². The number of oxazole rings is 1. The highest BCUT2D eigenvalue weighted by Crippen LogP contribution is 2.27. The summed E-state index contributed by atoms with van der Waals surface area (Å²) >= 11 is 1.68. The van der Waals surface area contributed by atoms with Crippen molar-refractivity contribution in [2.75, 3.05) is 6.26 Å². The van der Waals surface area contributed by atoms with Gasteiger partial charge in [0.05, 0.1) is 11.9 Å². The lowest BCUT2D eigenvalue weighted by molar-refractivity contribution is 0.613. The molecule has 20 heavy (non-hydrogen) atoms. The zero-order valence-corrected chi connectivity index (χ0v) is 11.8. The number of hydrogen-bond acceptors (Lipinski definition) is 5. The summed E-state index contributed by atoms with van der Waals surface area (Å²) < 4.78 is 19.2. The van der Waals surface area contributed by atoms with E-state index in [9.17, 15) is 4.39 Å². The molecule has 3 rings (SSSR count). The van der Waals surface area contributed by atoms with Crippen LogP contribution in [-0.2, 0) is 0 Å². The molecule has 0 N–H and O–H groups in total. The van der Waals surface area contributed by atoms with Crippen LogP contribution in [0.2, 0.25) is 0 Å². The zero-order chi connectivity index (χ0) is 14.1. The molecule has 1 aromatic carbocycles. The molecule has 0 aliphatic rings. The summed E-state index contributed by atoms with van der Waals surface area (Å²) in [7, 11) is 0. The molecule has 2 heterocycles. The Kier molecular flexibility index (Phi) is 3.40. The van der Waals surface area contributed by atoms with Crippen LogP contribution in [0.1, 0.15) is 17.9 Å². The summed E-state index contributed by atoms with van der Waals surface area (Å²) in [4.78, 5) is 12.8. The van der Waals surface area contributed by atoms with Gasteiger partial charge in [-0.1, -0.05) is 6.07 Å². The molecule has 0 saturated heterocycles. The van der Waals surface area contributed by atoms with Crippen LogP contribution in [0, 0.1) is 5.82 Å². The first kappa shape index (κ1) is 13.1. The first-order valence-corrected chi connectivity index (χ1v) is 7.38. The number of fused-ring (bicyclic) bond motifs is 1. The van der Waals surface area contributed by atoms with E-state index in [2.05, 4.69) is 15.0 Å². The second kappa shape index (κ2) is 5.20. The lowest BCUT2D eigenvalue weighted by Gasteiger charge is -2.06. The molecular weight excluding hydrogens is 277 g/mol. The largest absolute Gasteiger partial charge is 0.435 e. The minimum Gasteiger partial charge on any atom is -0.435 e. The average Bonchev–Trinajstić information content (AvgIpc) is 2.92. The topological polar surface area (TPSA) is 51.8 Å². The molecule has 0 fully saturated rings. The fourth-order valence-corrected chi connectivity index (χ4v) is 2.18. The highest BCUT2D eigenvalue weighted by atomic mass is 32.2. The number of para-hydroxylation sites is 1. The van der Waals surface area contributed by atoms with Gasteiger partial charge in [-0.25, -0.2) is 14.4 Å². The lowest BCUT2D eigenvalue weighted by atomic mass is 10.3. The van der Waals surface area contributed by atoms with E-state index in [1.54, 1.807) is 36.3 Å². The van der Waals surface area contributed by atoms with Gasteiger partial charge in [0.2, 0.25) is 5.89 Å². The third-order valence-corrected chi connectivity index (χ3v) is 3.96. The van der Waals surface area contributed by atoms with Crippen LogP contribution in [0.4, 0.5) is 4.39 Å². The number of thioether (sulfide) groups is 1. The Balaban J connectivity index is 2.09. The molecule has 4 nitrogen and oxygen atoms in total. The molecule has 1 unspecified atom stereocenters. The van der Waals surface area contributed by atoms with E-state index in [4.69, 9.17) is 4.42 Å². The number of halogens is 1. The molecule has 0 amide bonds. The standard InChI is InChI=1S/C14H12FN3OS/c1-8(20-2)10-6-16-7-11(17-10)14-18-13-9(15)4-3-5-12(13)19-14/h3-8H,1-2H3. The Bertz CT molecular complexity index is 759. The summed E-state index contributed by atoms with van der Waals surface area (Å²) in [5, 5.41) is 0.226. The van der Waals surface area contributed by atoms with Gasteiger partial charge in [0.15, 0.2) is 11.4 Å². The highest BCUT2D eigenvalue weighted by molar-refractivity contribution is 7.98. The van der Waals surface area contributed by atoms with Crippen molar-refractivity contribution in [1.29, 1.82) is 0 Å². The van der Waals surface area contributed by atoms with Gasteiger partial charge in [0.25, 0.3) is 0 Å². The van der Waals surface area contributed by atoms with E-state index < -0.39 is 5.82 Å². The van der Waals surface area contributed by atoms with E-state index in [0.717, 1.165) is 5.69 Å². The van der Waals surface area contributed by atoms with Crippen molar-refractivity contribution in [3.05, 3.63) is 42.1 Å². The van der Waals surface area contributed by atoms with Crippen LogP contribution < -0.4 is 0 Å². The first-order chi connectivity index (χ1) is 9.69. The van der Waals surface area contributed by atoms with Crippen molar-refractivity contribution in [1.82, 2.24) is 15.0 Å². The van der Waals surface area contributed by atoms with Crippen LogP contribution in [0.5, 0.6) is 0 Å². The van der Waals surface area contributed by atoms with Crippen LogP contribution in [-0.4, -0.2) is 21.2 Å². The van der Waals surface area contributed by atoms with Gasteiger partial charge in [-0.05, 0) is 25.3 Å². The first-order valence-electron chi connectivity index (χ1n) is 6.09. The van der Waals surface area contributed by atoms with Gasteiger partial charge >= 0.3 is 0 Å². The molecule has 0 aliphatic carbocycles. The van der Waals surface area contributed by atoms with Crippen LogP contribution in [0.15, 0.2) is 35.0 Å². The fourth-order valence-electron chi connectivity index (χ4n) is 1.83. The maximum Gasteiger partial charge on any atom is 0.247 e. The van der Waals surface area contributed by atoms with Crippen LogP contribution in [0.25, 0.3) is 22.7 Å². The maximum atomic E-state index is 13.6. The van der Waals surface area contributed by atoms with E-state index in [-0.39, 0.29) is 16.7 Å². The van der Waals surface area contributed by atoms with E-state index in [1.165, 1.54) is 6.07 Å². The van der Waals surface area contributed by atoms with Crippen LogP contribution >= 0.6 is 11.8 Å². The predicted molar refractivity (Wildman–Crippen MR) is 76.9 cm³/mol. The van der Waals surface area contributed by atoms with Crippen molar-refractivity contribution in [2.45, 2.75) is 12.2 Å². The number of aromatic nitrogens is 3. The molecule has 0 radical (unpaired) electrons. The molecule has 102 valence electrons. The van der Waals surface area contributed by atoms with Gasteiger partial charge < -0.3 is 4.42 Å². The molecule has 0 saturated carbocycles. The summed E-state index contributed by atoms with van der Waals surface area (Å²) in [6.07, 6.45) is 5.29. The Labute approximate surface area is 119 Å². The van der Waals surface area contributed by atoms with Gasteiger partial charge in [-0.3, -0.25) is 4.98 Å². The van der Waals surface area contributed by atoms with Gasteiger partial charge in [0, 0.05) is 11.4 Å². The minimum absolute atomic E-state index is 0.215. The van der Waals surface area contributed by atoms with Crippen molar-refractivity contribution < 1.29 is 8.81 Å². The number of hydrogen-bond donors (Lipinski definition) is 0. The SMILES string of the molecule is CSC(C)c1cncc(-c2nc3c(F)cccc3o2)n1. The average molecular weight is 289 g/mol. The lowest BCUT2D eigenvalue weighted by Crippen LogP contribution is -1.96. The van der Waals surface area contributed by atoms with Gasteiger partial charge in [0.1, 0.15) is 11.2 Å². The second-order valence-electron chi connectivity index (χ2n) is 4.31. The Morgan fingerprint density at radius 3 is 2.85 bits per heavy atom. The Morgan fingerprint density at radius 2 is 2.10 bits per heavy atom. The van der Waals surface area contributed by atoms with Gasteiger partial charge in [-0.15, -0.1) is 0 Å². The maximum absolute atomic E-state index is 13.6. The normalized spacial score (nSPS) is 12.8. The summed E-state index contributed by atoms with van der Waals surface area (Å²) in [6, 6.07) is 4.62. The smallest absolute Gasteiger partial charge is 0.247 e. The van der Waals surface area contributed by atoms with Crippen molar-refractivity contribution >= 4 is 22.9 Å². The second-order valence-corrected chi connectivity index (χ2v) is 5.49. The number of benzene rings is 1. The van der Waals surface area contributed by atoms with Crippen molar-refractivity contribution in [2.24, 2.45) is 0 Å². The minimum atomic E-state index is -0.404. The molecule has 0 aliphatic heterocycles. The molecule has 3 aromatic rings. The number of rotatable bonds is 3. The summed E-state index contributed by atoms with van der Waals surface area (Å²) in [5.74, 6) is -0.119. The predicted octanol–water partition coefficient (Wildman–Crippen LogP) is 3.85. The highest BCUT2D eigenvalue weighted by Gasteiger charge is 2.14. The molecule has 2 aromatic heterocycles. The zero-order valence-electron chi connectivity index (χ0n) is 11.0. The molecule has 1 atom stereocenters. The molecular formula is C14H12FN3OS. The Morgan fingerprint density at radius 1 is 1.25 bits per heavy atom. The number of nitrogens with zero attached hydrogens (tertiary/aromatic N) is 3. The van der Waals surface area contributed by atoms with Crippen molar-refractivity contribution in [3.63, 3.8) is 0 Å². The van der Waals surface area contributed by atoms with Gasteiger partial charge in [-0.2, -0.15) is 11.8 Å². The third kappa shape index (κ3) is 2.27. The van der Waals surface area contributed by atoms with E-state index in [1.807, 2.05) is 13.2 Å². The fraction of sp³-hybridized carbons (Fsp3) is 0.214. The molecule has 0 bridgehead atoms. The molecule has 6 heteroatoms. The molecule has 0 spiro atoms. The summed E-state index contributed by atoms with van der Waals surface area (Å²) in [6.45, 7) is 2.05.